The van der Waals surface area contributed by atoms with Crippen molar-refractivity contribution in [3.05, 3.63) is 41.3 Å². The van der Waals surface area contributed by atoms with E-state index in [0.29, 0.717) is 22.9 Å². The molecule has 5 rings (SSSR count). The Labute approximate surface area is 150 Å². The van der Waals surface area contributed by atoms with Gasteiger partial charge in [0.15, 0.2) is 0 Å². The Morgan fingerprint density at radius 1 is 1.24 bits per heavy atom. The number of fused-ring (bicyclic) bond motifs is 1. The van der Waals surface area contributed by atoms with Crippen molar-refractivity contribution in [2.75, 3.05) is 6.61 Å². The van der Waals surface area contributed by atoms with Gasteiger partial charge in [-0.05, 0) is 43.7 Å². The average Bonchev–Trinajstić information content (AvgIpc) is 3.34. The van der Waals surface area contributed by atoms with Crippen molar-refractivity contribution in [2.45, 2.75) is 37.6 Å². The number of aliphatic hydroxyl groups excluding tert-OH is 1. The van der Waals surface area contributed by atoms with Crippen molar-refractivity contribution < 1.29 is 5.11 Å². The molecule has 2 fully saturated rings. The Morgan fingerprint density at radius 2 is 2.08 bits per heavy atom. The molecule has 0 bridgehead atoms. The van der Waals surface area contributed by atoms with Gasteiger partial charge in [0.2, 0.25) is 0 Å². The second-order valence-electron chi connectivity index (χ2n) is 7.22. The summed E-state index contributed by atoms with van der Waals surface area (Å²) in [5, 5.41) is 14.8. The van der Waals surface area contributed by atoms with E-state index in [4.69, 9.17) is 21.7 Å². The zero-order valence-corrected chi connectivity index (χ0v) is 14.5. The molecule has 1 aromatic carbocycles. The predicted molar refractivity (Wildman–Crippen MR) is 96.6 cm³/mol. The van der Waals surface area contributed by atoms with Gasteiger partial charge in [-0.2, -0.15) is 5.10 Å². The maximum atomic E-state index is 9.25. The first kappa shape index (κ1) is 15.3. The van der Waals surface area contributed by atoms with Gasteiger partial charge in [0, 0.05) is 24.3 Å². The number of halogens is 1. The molecule has 0 spiro atoms. The van der Waals surface area contributed by atoms with Crippen LogP contribution in [0.2, 0.25) is 5.02 Å². The molecule has 2 aromatic heterocycles. The van der Waals surface area contributed by atoms with E-state index in [9.17, 15) is 5.11 Å². The molecule has 128 valence electrons. The largest absolute Gasteiger partial charge is 0.396 e. The molecule has 0 unspecified atom stereocenters. The third-order valence-electron chi connectivity index (χ3n) is 5.37. The zero-order chi connectivity index (χ0) is 17.0. The summed E-state index contributed by atoms with van der Waals surface area (Å²) in [6, 6.07) is 6.07. The van der Waals surface area contributed by atoms with Crippen LogP contribution in [0, 0.1) is 5.92 Å². The van der Waals surface area contributed by atoms with Crippen molar-refractivity contribution in [2.24, 2.45) is 5.92 Å². The molecule has 0 saturated heterocycles. The van der Waals surface area contributed by atoms with Gasteiger partial charge in [0.1, 0.15) is 5.52 Å². The van der Waals surface area contributed by atoms with Gasteiger partial charge < -0.3 is 5.11 Å². The van der Waals surface area contributed by atoms with Gasteiger partial charge in [-0.3, -0.25) is 9.67 Å². The SMILES string of the molecule is OCC1CC(n2cc(-c3cnc4c(Cl)cccc4n3)c(C3CC3)n2)C1. The highest BCUT2D eigenvalue weighted by molar-refractivity contribution is 6.34. The van der Waals surface area contributed by atoms with E-state index in [0.717, 1.165) is 40.8 Å². The smallest absolute Gasteiger partial charge is 0.107 e. The molecule has 3 aromatic rings. The standard InChI is InChI=1S/C19H19ClN4O/c20-15-2-1-3-16-19(15)21-8-17(22-16)14-9-24(13-6-11(7-13)10-25)23-18(14)12-4-5-12/h1-3,8-9,11-13,25H,4-7,10H2. The monoisotopic (exact) mass is 354 g/mol. The summed E-state index contributed by atoms with van der Waals surface area (Å²) in [6.45, 7) is 0.275. The minimum Gasteiger partial charge on any atom is -0.396 e. The minimum atomic E-state index is 0.275. The van der Waals surface area contributed by atoms with Crippen LogP contribution in [0.15, 0.2) is 30.6 Å². The number of para-hydroxylation sites is 1. The van der Waals surface area contributed by atoms with Crippen molar-refractivity contribution in [1.29, 1.82) is 0 Å². The summed E-state index contributed by atoms with van der Waals surface area (Å²) < 4.78 is 2.08. The highest BCUT2D eigenvalue weighted by atomic mass is 35.5. The lowest BCUT2D eigenvalue weighted by Crippen LogP contribution is -2.29. The van der Waals surface area contributed by atoms with E-state index in [1.165, 1.54) is 12.8 Å². The minimum absolute atomic E-state index is 0.275. The van der Waals surface area contributed by atoms with Crippen molar-refractivity contribution in [1.82, 2.24) is 19.7 Å². The lowest BCUT2D eigenvalue weighted by molar-refractivity contribution is 0.105. The van der Waals surface area contributed by atoms with E-state index in [-0.39, 0.29) is 6.61 Å². The molecule has 2 heterocycles. The van der Waals surface area contributed by atoms with Crippen molar-refractivity contribution in [3.8, 4) is 11.3 Å². The fourth-order valence-electron chi connectivity index (χ4n) is 3.65. The van der Waals surface area contributed by atoms with Gasteiger partial charge in [-0.1, -0.05) is 17.7 Å². The number of benzene rings is 1. The quantitative estimate of drug-likeness (QED) is 0.770. The summed E-state index contributed by atoms with van der Waals surface area (Å²) in [5.41, 5.74) is 4.63. The normalized spacial score (nSPS) is 23.0. The number of aliphatic hydroxyl groups is 1. The van der Waals surface area contributed by atoms with Crippen LogP contribution >= 0.6 is 11.6 Å². The molecule has 0 radical (unpaired) electrons. The number of hydrogen-bond acceptors (Lipinski definition) is 4. The zero-order valence-electron chi connectivity index (χ0n) is 13.8. The first-order chi connectivity index (χ1) is 12.2. The predicted octanol–water partition coefficient (Wildman–Crippen LogP) is 3.97. The molecule has 1 N–H and O–H groups in total. The molecular weight excluding hydrogens is 336 g/mol. The van der Waals surface area contributed by atoms with E-state index < -0.39 is 0 Å². The van der Waals surface area contributed by atoms with E-state index in [1.54, 1.807) is 6.20 Å². The van der Waals surface area contributed by atoms with Gasteiger partial charge in [-0.15, -0.1) is 0 Å². The van der Waals surface area contributed by atoms with Crippen LogP contribution in [0.5, 0.6) is 0 Å². The maximum absolute atomic E-state index is 9.25. The van der Waals surface area contributed by atoms with Crippen LogP contribution in [-0.2, 0) is 0 Å². The summed E-state index contributed by atoms with van der Waals surface area (Å²) in [4.78, 5) is 9.31. The first-order valence-electron chi connectivity index (χ1n) is 8.84. The van der Waals surface area contributed by atoms with E-state index in [1.807, 2.05) is 18.2 Å². The number of aromatic nitrogens is 4. The lowest BCUT2D eigenvalue weighted by atomic mass is 9.81. The summed E-state index contributed by atoms with van der Waals surface area (Å²) in [6.07, 6.45) is 8.31. The summed E-state index contributed by atoms with van der Waals surface area (Å²) in [7, 11) is 0. The second kappa shape index (κ2) is 5.78. The third kappa shape index (κ3) is 2.62. The lowest BCUT2D eigenvalue weighted by Gasteiger charge is -2.34. The molecule has 0 atom stereocenters. The molecule has 5 nitrogen and oxygen atoms in total. The summed E-state index contributed by atoms with van der Waals surface area (Å²) in [5.74, 6) is 0.964. The molecular formula is C19H19ClN4O. The average molecular weight is 355 g/mol. The number of nitrogens with zero attached hydrogens (tertiary/aromatic N) is 4. The summed E-state index contributed by atoms with van der Waals surface area (Å²) >= 11 is 6.21. The molecule has 2 aliphatic rings. The molecule has 6 heteroatoms. The van der Waals surface area contributed by atoms with Gasteiger partial charge in [0.05, 0.1) is 34.2 Å². The third-order valence-corrected chi connectivity index (χ3v) is 5.67. The first-order valence-corrected chi connectivity index (χ1v) is 9.22. The Balaban J connectivity index is 1.55. The van der Waals surface area contributed by atoms with E-state index >= 15 is 0 Å². The fourth-order valence-corrected chi connectivity index (χ4v) is 3.87. The van der Waals surface area contributed by atoms with Gasteiger partial charge in [-0.25, -0.2) is 4.98 Å². The topological polar surface area (TPSA) is 63.8 Å². The van der Waals surface area contributed by atoms with Crippen LogP contribution in [0.25, 0.3) is 22.3 Å². The number of rotatable bonds is 4. The van der Waals surface area contributed by atoms with Crippen LogP contribution in [0.3, 0.4) is 0 Å². The van der Waals surface area contributed by atoms with E-state index in [2.05, 4.69) is 15.9 Å². The highest BCUT2D eigenvalue weighted by Crippen LogP contribution is 2.45. The van der Waals surface area contributed by atoms with Crippen molar-refractivity contribution >= 4 is 22.6 Å². The highest BCUT2D eigenvalue weighted by Gasteiger charge is 2.34. The van der Waals surface area contributed by atoms with Crippen LogP contribution < -0.4 is 0 Å². The second-order valence-corrected chi connectivity index (χ2v) is 7.63. The van der Waals surface area contributed by atoms with Crippen LogP contribution in [0.4, 0.5) is 0 Å². The van der Waals surface area contributed by atoms with Crippen LogP contribution in [0.1, 0.15) is 43.3 Å². The fraction of sp³-hybridized carbons (Fsp3) is 0.421. The maximum Gasteiger partial charge on any atom is 0.107 e. The Hall–Kier alpha value is -1.98. The Kier molecular flexibility index (Phi) is 3.54. The molecule has 0 aliphatic heterocycles. The van der Waals surface area contributed by atoms with Gasteiger partial charge >= 0.3 is 0 Å². The Morgan fingerprint density at radius 3 is 2.84 bits per heavy atom. The molecule has 25 heavy (non-hydrogen) atoms. The Bertz CT molecular complexity index is 944. The molecule has 2 aliphatic carbocycles. The van der Waals surface area contributed by atoms with Crippen LogP contribution in [-0.4, -0.2) is 31.5 Å². The number of hydrogen-bond donors (Lipinski definition) is 1. The molecule has 0 amide bonds. The van der Waals surface area contributed by atoms with Crippen molar-refractivity contribution in [3.63, 3.8) is 0 Å². The van der Waals surface area contributed by atoms with Gasteiger partial charge in [0.25, 0.3) is 0 Å². The molecule has 2 saturated carbocycles.